The van der Waals surface area contributed by atoms with Gasteiger partial charge < -0.3 is 0 Å². The van der Waals surface area contributed by atoms with Gasteiger partial charge in [-0.15, -0.1) is 11.6 Å². The highest BCUT2D eigenvalue weighted by Gasteiger charge is 2.23. The minimum Gasteiger partial charge on any atom is -0.258 e. The number of nitro benzene ring substituents is 1. The van der Waals surface area contributed by atoms with Gasteiger partial charge in [-0.05, 0) is 17.5 Å². The zero-order valence-electron chi connectivity index (χ0n) is 11.8. The van der Waals surface area contributed by atoms with Crippen LogP contribution in [-0.4, -0.2) is 15.3 Å². The molecule has 1 aromatic heterocycles. The van der Waals surface area contributed by atoms with Crippen LogP contribution in [0, 0.1) is 15.5 Å². The van der Waals surface area contributed by atoms with Gasteiger partial charge in [-0.25, -0.2) is 0 Å². The number of alkyl halides is 1. The monoisotopic (exact) mass is 292 g/mol. The molecule has 4 nitrogen and oxygen atoms in total. The van der Waals surface area contributed by atoms with Crippen molar-refractivity contribution in [1.29, 1.82) is 0 Å². The van der Waals surface area contributed by atoms with Crippen molar-refractivity contribution in [2.75, 3.05) is 0 Å². The lowest BCUT2D eigenvalue weighted by Crippen LogP contribution is -2.23. The Bertz CT molecular complexity index is 650. The first kappa shape index (κ1) is 14.7. The van der Waals surface area contributed by atoms with Crippen LogP contribution in [0.2, 0.25) is 0 Å². The van der Waals surface area contributed by atoms with Crippen LogP contribution in [0.25, 0.3) is 10.9 Å². The van der Waals surface area contributed by atoms with Gasteiger partial charge in [0.25, 0.3) is 5.69 Å². The summed E-state index contributed by atoms with van der Waals surface area (Å²) < 4.78 is 0. The number of benzene rings is 1. The summed E-state index contributed by atoms with van der Waals surface area (Å²) in [6.45, 7) is 6.28. The van der Waals surface area contributed by atoms with Crippen LogP contribution < -0.4 is 0 Å². The van der Waals surface area contributed by atoms with Gasteiger partial charge in [0.1, 0.15) is 0 Å². The van der Waals surface area contributed by atoms with E-state index in [0.717, 1.165) is 16.6 Å². The molecule has 0 aliphatic rings. The lowest BCUT2D eigenvalue weighted by molar-refractivity contribution is -0.384. The van der Waals surface area contributed by atoms with Gasteiger partial charge in [0.15, 0.2) is 0 Å². The second-order valence-corrected chi connectivity index (χ2v) is 6.50. The Morgan fingerprint density at radius 2 is 2.00 bits per heavy atom. The molecule has 2 rings (SSSR count). The minimum atomic E-state index is -0.401. The Kier molecular flexibility index (Phi) is 3.95. The number of nitro groups is 1. The minimum absolute atomic E-state index is 0.00761. The number of hydrogen-bond donors (Lipinski definition) is 0. The van der Waals surface area contributed by atoms with E-state index in [1.165, 1.54) is 12.1 Å². The van der Waals surface area contributed by atoms with Crippen LogP contribution in [0.3, 0.4) is 0 Å². The summed E-state index contributed by atoms with van der Waals surface area (Å²) in [5.74, 6) is 0. The van der Waals surface area contributed by atoms with Crippen molar-refractivity contribution in [1.82, 2.24) is 4.98 Å². The SMILES string of the molecule is CC(C)(C)C(Cl)Cc1ccc2cc([N+](=O)[O-])ccc2n1. The molecular formula is C15H17ClN2O2. The van der Waals surface area contributed by atoms with Gasteiger partial charge in [-0.3, -0.25) is 15.1 Å². The highest BCUT2D eigenvalue weighted by molar-refractivity contribution is 6.21. The van der Waals surface area contributed by atoms with E-state index in [2.05, 4.69) is 25.8 Å². The van der Waals surface area contributed by atoms with Crippen molar-refractivity contribution < 1.29 is 4.92 Å². The van der Waals surface area contributed by atoms with E-state index in [4.69, 9.17) is 11.6 Å². The van der Waals surface area contributed by atoms with E-state index in [1.807, 2.05) is 12.1 Å². The third-order valence-corrected chi connectivity index (χ3v) is 4.08. The van der Waals surface area contributed by atoms with Crippen molar-refractivity contribution >= 4 is 28.2 Å². The topological polar surface area (TPSA) is 56.0 Å². The van der Waals surface area contributed by atoms with Crippen LogP contribution in [0.15, 0.2) is 30.3 Å². The molecule has 0 bridgehead atoms. The van der Waals surface area contributed by atoms with Crippen molar-refractivity contribution in [3.05, 3.63) is 46.1 Å². The zero-order valence-corrected chi connectivity index (χ0v) is 12.5. The molecule has 0 fully saturated rings. The fourth-order valence-corrected chi connectivity index (χ4v) is 2.03. The summed E-state index contributed by atoms with van der Waals surface area (Å²) in [6.07, 6.45) is 0.679. The Morgan fingerprint density at radius 3 is 2.60 bits per heavy atom. The predicted octanol–water partition coefficient (Wildman–Crippen LogP) is 4.34. The predicted molar refractivity (Wildman–Crippen MR) is 81.2 cm³/mol. The summed E-state index contributed by atoms with van der Waals surface area (Å²) in [5, 5.41) is 11.5. The quantitative estimate of drug-likeness (QED) is 0.480. The molecule has 2 aromatic rings. The van der Waals surface area contributed by atoms with Gasteiger partial charge in [0, 0.05) is 35.0 Å². The molecule has 1 heterocycles. The molecule has 20 heavy (non-hydrogen) atoms. The first-order valence-electron chi connectivity index (χ1n) is 6.45. The fraction of sp³-hybridized carbons (Fsp3) is 0.400. The maximum absolute atomic E-state index is 10.7. The molecule has 1 aromatic carbocycles. The normalized spacial score (nSPS) is 13.4. The number of nitrogens with zero attached hydrogens (tertiary/aromatic N) is 2. The largest absolute Gasteiger partial charge is 0.270 e. The van der Waals surface area contributed by atoms with E-state index in [0.29, 0.717) is 6.42 Å². The molecule has 0 aliphatic carbocycles. The lowest BCUT2D eigenvalue weighted by atomic mass is 9.89. The second-order valence-electron chi connectivity index (χ2n) is 5.97. The fourth-order valence-electron chi connectivity index (χ4n) is 1.87. The molecule has 1 atom stereocenters. The van der Waals surface area contributed by atoms with E-state index >= 15 is 0 Å². The Balaban J connectivity index is 2.31. The molecular weight excluding hydrogens is 276 g/mol. The summed E-state index contributed by atoms with van der Waals surface area (Å²) in [4.78, 5) is 14.9. The third-order valence-electron chi connectivity index (χ3n) is 3.27. The molecule has 106 valence electrons. The van der Waals surface area contributed by atoms with Crippen LogP contribution in [0.1, 0.15) is 26.5 Å². The highest BCUT2D eigenvalue weighted by Crippen LogP contribution is 2.28. The van der Waals surface area contributed by atoms with Crippen LogP contribution in [-0.2, 0) is 6.42 Å². The van der Waals surface area contributed by atoms with Gasteiger partial charge in [0.05, 0.1) is 10.4 Å². The van der Waals surface area contributed by atoms with Crippen LogP contribution in [0.4, 0.5) is 5.69 Å². The van der Waals surface area contributed by atoms with E-state index in [9.17, 15) is 10.1 Å². The van der Waals surface area contributed by atoms with Crippen molar-refractivity contribution in [3.8, 4) is 0 Å². The van der Waals surface area contributed by atoms with E-state index in [-0.39, 0.29) is 16.5 Å². The third kappa shape index (κ3) is 3.25. The number of hydrogen-bond acceptors (Lipinski definition) is 3. The second kappa shape index (κ2) is 5.37. The molecule has 0 saturated carbocycles. The van der Waals surface area contributed by atoms with Crippen molar-refractivity contribution in [2.45, 2.75) is 32.6 Å². The smallest absolute Gasteiger partial charge is 0.258 e. The van der Waals surface area contributed by atoms with Crippen LogP contribution >= 0.6 is 11.6 Å². The number of rotatable bonds is 3. The number of aromatic nitrogens is 1. The molecule has 0 radical (unpaired) electrons. The average Bonchev–Trinajstić information content (AvgIpc) is 2.36. The molecule has 1 unspecified atom stereocenters. The molecule has 0 amide bonds. The van der Waals surface area contributed by atoms with Crippen molar-refractivity contribution in [2.24, 2.45) is 5.41 Å². The van der Waals surface area contributed by atoms with Gasteiger partial charge in [-0.1, -0.05) is 26.8 Å². The average molecular weight is 293 g/mol. The molecule has 0 aliphatic heterocycles. The Morgan fingerprint density at radius 1 is 1.30 bits per heavy atom. The van der Waals surface area contributed by atoms with Gasteiger partial charge in [0.2, 0.25) is 0 Å². The summed E-state index contributed by atoms with van der Waals surface area (Å²) in [7, 11) is 0. The first-order valence-corrected chi connectivity index (χ1v) is 6.89. The van der Waals surface area contributed by atoms with Crippen molar-refractivity contribution in [3.63, 3.8) is 0 Å². The zero-order chi connectivity index (χ0) is 14.9. The van der Waals surface area contributed by atoms with Gasteiger partial charge >= 0.3 is 0 Å². The molecule has 0 spiro atoms. The van der Waals surface area contributed by atoms with Crippen LogP contribution in [0.5, 0.6) is 0 Å². The summed E-state index contributed by atoms with van der Waals surface area (Å²) in [5.41, 5.74) is 1.75. The summed E-state index contributed by atoms with van der Waals surface area (Å²) >= 11 is 6.38. The molecule has 5 heteroatoms. The first-order chi connectivity index (χ1) is 9.27. The maximum Gasteiger partial charge on any atom is 0.270 e. The van der Waals surface area contributed by atoms with E-state index < -0.39 is 4.92 Å². The molecule has 0 N–H and O–H groups in total. The number of halogens is 1. The number of pyridine rings is 1. The number of non-ortho nitro benzene ring substituents is 1. The van der Waals surface area contributed by atoms with E-state index in [1.54, 1.807) is 6.07 Å². The standard InChI is InChI=1S/C15H17ClN2O2/c1-15(2,3)14(16)9-11-5-4-10-8-12(18(19)20)6-7-13(10)17-11/h4-8,14H,9H2,1-3H3. The highest BCUT2D eigenvalue weighted by atomic mass is 35.5. The number of fused-ring (bicyclic) bond motifs is 1. The Labute approximate surface area is 122 Å². The maximum atomic E-state index is 10.7. The lowest BCUT2D eigenvalue weighted by Gasteiger charge is -2.24. The van der Waals surface area contributed by atoms with Gasteiger partial charge in [-0.2, -0.15) is 0 Å². The Hall–Kier alpha value is -1.68. The molecule has 0 saturated heterocycles. The summed E-state index contributed by atoms with van der Waals surface area (Å²) in [6, 6.07) is 8.43.